The summed E-state index contributed by atoms with van der Waals surface area (Å²) in [6.45, 7) is 1.87. The van der Waals surface area contributed by atoms with Gasteiger partial charge in [-0.2, -0.15) is 13.2 Å². The number of ether oxygens (including phenoxy) is 1. The molecule has 0 aromatic heterocycles. The van der Waals surface area contributed by atoms with Gasteiger partial charge in [-0.15, -0.1) is 0 Å². The number of alkyl halides is 3. The van der Waals surface area contributed by atoms with E-state index in [2.05, 4.69) is 5.32 Å². The smallest absolute Gasteiger partial charge is 0.381 e. The van der Waals surface area contributed by atoms with Gasteiger partial charge in [0.05, 0.1) is 12.5 Å². The second-order valence-corrected chi connectivity index (χ2v) is 4.75. The molecule has 0 aromatic carbocycles. The molecule has 3 unspecified atom stereocenters. The lowest BCUT2D eigenvalue weighted by molar-refractivity contribution is -0.195. The monoisotopic (exact) mass is 237 g/mol. The van der Waals surface area contributed by atoms with E-state index in [4.69, 9.17) is 4.74 Å². The zero-order valence-electron chi connectivity index (χ0n) is 9.22. The van der Waals surface area contributed by atoms with Crippen LogP contribution in [0.25, 0.3) is 0 Å². The molecule has 2 fully saturated rings. The van der Waals surface area contributed by atoms with Gasteiger partial charge in [-0.1, -0.05) is 0 Å². The number of hydrogen-bond donors (Lipinski definition) is 1. The van der Waals surface area contributed by atoms with Gasteiger partial charge in [0.2, 0.25) is 0 Å². The molecule has 2 saturated heterocycles. The molecule has 0 bridgehead atoms. The van der Waals surface area contributed by atoms with E-state index in [0.717, 1.165) is 12.8 Å². The summed E-state index contributed by atoms with van der Waals surface area (Å²) >= 11 is 0. The van der Waals surface area contributed by atoms with E-state index < -0.39 is 18.1 Å². The Labute approximate surface area is 93.5 Å². The molecule has 0 aliphatic carbocycles. The first-order chi connectivity index (χ1) is 7.59. The molecule has 2 heterocycles. The summed E-state index contributed by atoms with van der Waals surface area (Å²) in [5, 5.41) is 3.05. The third-order valence-electron chi connectivity index (χ3n) is 3.63. The molecule has 0 spiro atoms. The molecule has 0 radical (unpaired) electrons. The van der Waals surface area contributed by atoms with Crippen molar-refractivity contribution in [2.24, 2.45) is 11.8 Å². The molecular weight excluding hydrogens is 219 g/mol. The van der Waals surface area contributed by atoms with E-state index in [1.807, 2.05) is 0 Å². The highest BCUT2D eigenvalue weighted by Gasteiger charge is 2.48. The lowest BCUT2D eigenvalue weighted by atomic mass is 9.80. The van der Waals surface area contributed by atoms with Crippen LogP contribution in [0.4, 0.5) is 13.2 Å². The summed E-state index contributed by atoms with van der Waals surface area (Å²) in [4.78, 5) is 0. The van der Waals surface area contributed by atoms with E-state index in [1.54, 1.807) is 0 Å². The van der Waals surface area contributed by atoms with Crippen molar-refractivity contribution in [3.05, 3.63) is 0 Å². The van der Waals surface area contributed by atoms with E-state index >= 15 is 0 Å². The van der Waals surface area contributed by atoms with Crippen LogP contribution in [-0.2, 0) is 4.74 Å². The quantitative estimate of drug-likeness (QED) is 0.755. The Morgan fingerprint density at radius 2 is 1.94 bits per heavy atom. The number of hydrogen-bond acceptors (Lipinski definition) is 2. The number of rotatable bonds is 1. The maximum atomic E-state index is 12.9. The van der Waals surface area contributed by atoms with Crippen LogP contribution < -0.4 is 5.32 Å². The minimum atomic E-state index is -4.07. The fourth-order valence-corrected chi connectivity index (χ4v) is 2.82. The zero-order valence-corrected chi connectivity index (χ0v) is 9.22. The molecule has 5 heteroatoms. The van der Waals surface area contributed by atoms with Gasteiger partial charge < -0.3 is 10.1 Å². The average molecular weight is 237 g/mol. The Balaban J connectivity index is 2.03. The van der Waals surface area contributed by atoms with Crippen molar-refractivity contribution < 1.29 is 17.9 Å². The highest BCUT2D eigenvalue weighted by molar-refractivity contribution is 4.91. The van der Waals surface area contributed by atoms with Crippen LogP contribution in [0, 0.1) is 11.8 Å². The van der Waals surface area contributed by atoms with Crippen molar-refractivity contribution in [1.82, 2.24) is 5.32 Å². The molecule has 0 aromatic rings. The molecule has 2 aliphatic heterocycles. The maximum absolute atomic E-state index is 12.9. The van der Waals surface area contributed by atoms with Crippen LogP contribution in [0.1, 0.15) is 25.7 Å². The van der Waals surface area contributed by atoms with Crippen LogP contribution in [0.5, 0.6) is 0 Å². The molecule has 1 N–H and O–H groups in total. The van der Waals surface area contributed by atoms with E-state index in [-0.39, 0.29) is 12.3 Å². The van der Waals surface area contributed by atoms with Crippen molar-refractivity contribution in [3.8, 4) is 0 Å². The third kappa shape index (κ3) is 2.69. The van der Waals surface area contributed by atoms with Gasteiger partial charge in [0.15, 0.2) is 0 Å². The van der Waals surface area contributed by atoms with Crippen LogP contribution >= 0.6 is 0 Å². The van der Waals surface area contributed by atoms with E-state index in [0.29, 0.717) is 26.2 Å². The summed E-state index contributed by atoms with van der Waals surface area (Å²) in [6.07, 6.45) is -1.46. The summed E-state index contributed by atoms with van der Waals surface area (Å²) in [6, 6.07) is -0.436. The number of nitrogens with one attached hydrogen (secondary N) is 1. The van der Waals surface area contributed by atoms with Crippen molar-refractivity contribution >= 4 is 0 Å². The topological polar surface area (TPSA) is 21.3 Å². The van der Waals surface area contributed by atoms with Gasteiger partial charge in [0.25, 0.3) is 0 Å². The Hall–Kier alpha value is -0.290. The fourth-order valence-electron chi connectivity index (χ4n) is 2.82. The second kappa shape index (κ2) is 4.92. The van der Waals surface area contributed by atoms with Gasteiger partial charge in [-0.05, 0) is 38.1 Å². The number of piperidine rings is 1. The summed E-state index contributed by atoms with van der Waals surface area (Å²) in [5.74, 6) is -1.16. The zero-order chi connectivity index (χ0) is 11.6. The molecule has 3 atom stereocenters. The second-order valence-electron chi connectivity index (χ2n) is 4.75. The van der Waals surface area contributed by atoms with Crippen LogP contribution in [0.2, 0.25) is 0 Å². The lowest BCUT2D eigenvalue weighted by Gasteiger charge is -2.40. The third-order valence-corrected chi connectivity index (χ3v) is 3.63. The van der Waals surface area contributed by atoms with Crippen molar-refractivity contribution in [2.45, 2.75) is 37.9 Å². The van der Waals surface area contributed by atoms with Crippen molar-refractivity contribution in [3.63, 3.8) is 0 Å². The van der Waals surface area contributed by atoms with Gasteiger partial charge >= 0.3 is 6.18 Å². The first-order valence-electron chi connectivity index (χ1n) is 5.97. The molecule has 2 rings (SSSR count). The Morgan fingerprint density at radius 3 is 2.56 bits per heavy atom. The van der Waals surface area contributed by atoms with Crippen molar-refractivity contribution in [2.75, 3.05) is 19.8 Å². The first-order valence-corrected chi connectivity index (χ1v) is 5.97. The van der Waals surface area contributed by atoms with Gasteiger partial charge in [-0.3, -0.25) is 0 Å². The molecule has 2 aliphatic rings. The summed E-state index contributed by atoms with van der Waals surface area (Å²) in [5.41, 5.74) is 0. The van der Waals surface area contributed by atoms with Crippen LogP contribution in [-0.4, -0.2) is 32.0 Å². The highest BCUT2D eigenvalue weighted by Crippen LogP contribution is 2.38. The van der Waals surface area contributed by atoms with Crippen molar-refractivity contribution in [1.29, 1.82) is 0 Å². The maximum Gasteiger partial charge on any atom is 0.393 e. The summed E-state index contributed by atoms with van der Waals surface area (Å²) < 4.78 is 43.9. The summed E-state index contributed by atoms with van der Waals surface area (Å²) in [7, 11) is 0. The molecule has 16 heavy (non-hydrogen) atoms. The molecule has 2 nitrogen and oxygen atoms in total. The predicted molar refractivity (Wildman–Crippen MR) is 54.1 cm³/mol. The Bertz CT molecular complexity index is 226. The van der Waals surface area contributed by atoms with Gasteiger partial charge in [-0.25, -0.2) is 0 Å². The minimum absolute atomic E-state index is 0.0284. The van der Waals surface area contributed by atoms with Crippen LogP contribution in [0.15, 0.2) is 0 Å². The molecule has 0 saturated carbocycles. The van der Waals surface area contributed by atoms with Gasteiger partial charge in [0, 0.05) is 12.6 Å². The van der Waals surface area contributed by atoms with Crippen LogP contribution in [0.3, 0.4) is 0 Å². The highest BCUT2D eigenvalue weighted by atomic mass is 19.4. The molecular formula is C11H18F3NO. The Kier molecular flexibility index (Phi) is 3.74. The fraction of sp³-hybridized carbons (Fsp3) is 1.00. The lowest BCUT2D eigenvalue weighted by Crippen LogP contribution is -2.53. The molecule has 94 valence electrons. The SMILES string of the molecule is FC(F)(F)C1CCCNC1C1CCCOC1. The molecule has 0 amide bonds. The van der Waals surface area contributed by atoms with Gasteiger partial charge in [0.1, 0.15) is 0 Å². The Morgan fingerprint density at radius 1 is 1.12 bits per heavy atom. The number of halogens is 3. The average Bonchev–Trinajstić information content (AvgIpc) is 2.29. The van der Waals surface area contributed by atoms with E-state index in [9.17, 15) is 13.2 Å². The first kappa shape index (κ1) is 12.2. The largest absolute Gasteiger partial charge is 0.393 e. The normalized spacial score (nSPS) is 37.3. The predicted octanol–water partition coefficient (Wildman–Crippen LogP) is 2.34. The van der Waals surface area contributed by atoms with E-state index in [1.165, 1.54) is 0 Å². The standard InChI is InChI=1S/C11H18F3NO/c12-11(13,14)9-4-1-5-15-10(9)8-3-2-6-16-7-8/h8-10,15H,1-7H2. The minimum Gasteiger partial charge on any atom is -0.381 e.